The lowest BCUT2D eigenvalue weighted by Gasteiger charge is -2.32. The number of hydrogen-bond donors (Lipinski definition) is 1. The number of rotatable bonds is 6. The Balaban J connectivity index is 1.51. The molecule has 0 unspecified atom stereocenters. The molecule has 0 bridgehead atoms. The van der Waals surface area contributed by atoms with Crippen molar-refractivity contribution in [3.8, 4) is 5.75 Å². The Labute approximate surface area is 179 Å². The van der Waals surface area contributed by atoms with Gasteiger partial charge < -0.3 is 9.64 Å². The maximum Gasteiger partial charge on any atom is 0.260 e. The standard InChI is InChI=1S/C23H30N2O4S/c1-16-5-8-22(19(4)13-16)30(27,28)24-20-9-11-25(12-10-20)23(26)15-29-21-7-6-17(2)18(3)14-21/h5-8,13-14,20,24H,9-12,15H2,1-4H3. The lowest BCUT2D eigenvalue weighted by molar-refractivity contribution is -0.134. The van der Waals surface area contributed by atoms with Gasteiger partial charge in [0.05, 0.1) is 4.90 Å². The molecule has 0 aliphatic carbocycles. The van der Waals surface area contributed by atoms with Gasteiger partial charge in [0.1, 0.15) is 5.75 Å². The number of amides is 1. The summed E-state index contributed by atoms with van der Waals surface area (Å²) in [6.45, 7) is 8.79. The van der Waals surface area contributed by atoms with Gasteiger partial charge in [0.25, 0.3) is 5.91 Å². The number of nitrogens with one attached hydrogen (secondary N) is 1. The van der Waals surface area contributed by atoms with E-state index in [9.17, 15) is 13.2 Å². The van der Waals surface area contributed by atoms with E-state index < -0.39 is 10.0 Å². The minimum absolute atomic E-state index is 0.0124. The fourth-order valence-electron chi connectivity index (χ4n) is 3.67. The minimum atomic E-state index is -3.58. The molecule has 162 valence electrons. The first-order valence-electron chi connectivity index (χ1n) is 10.2. The van der Waals surface area contributed by atoms with Gasteiger partial charge in [0.2, 0.25) is 10.0 Å². The molecule has 1 heterocycles. The summed E-state index contributed by atoms with van der Waals surface area (Å²) in [5.74, 6) is 0.603. The molecule has 1 aliphatic rings. The van der Waals surface area contributed by atoms with Crippen molar-refractivity contribution in [1.29, 1.82) is 0 Å². The molecule has 1 saturated heterocycles. The van der Waals surface area contributed by atoms with Crippen molar-refractivity contribution >= 4 is 15.9 Å². The maximum atomic E-state index is 12.7. The van der Waals surface area contributed by atoms with Crippen LogP contribution in [0.4, 0.5) is 0 Å². The second kappa shape index (κ2) is 9.18. The number of benzene rings is 2. The number of likely N-dealkylation sites (tertiary alicyclic amines) is 1. The number of nitrogens with zero attached hydrogens (tertiary/aromatic N) is 1. The molecule has 1 aliphatic heterocycles. The Morgan fingerprint density at radius 1 is 1.00 bits per heavy atom. The molecule has 1 amide bonds. The first-order valence-corrected chi connectivity index (χ1v) is 11.7. The molecule has 1 N–H and O–H groups in total. The van der Waals surface area contributed by atoms with Crippen molar-refractivity contribution in [1.82, 2.24) is 9.62 Å². The average Bonchev–Trinajstić information content (AvgIpc) is 2.68. The summed E-state index contributed by atoms with van der Waals surface area (Å²) >= 11 is 0. The molecule has 0 spiro atoms. The van der Waals surface area contributed by atoms with Crippen LogP contribution < -0.4 is 9.46 Å². The van der Waals surface area contributed by atoms with Gasteiger partial charge in [-0.1, -0.05) is 23.8 Å². The highest BCUT2D eigenvalue weighted by Gasteiger charge is 2.27. The number of piperidine rings is 1. The number of ether oxygens (including phenoxy) is 1. The number of sulfonamides is 1. The van der Waals surface area contributed by atoms with Crippen LogP contribution in [0.5, 0.6) is 5.75 Å². The van der Waals surface area contributed by atoms with Gasteiger partial charge in [-0.2, -0.15) is 0 Å². The third-order valence-electron chi connectivity index (χ3n) is 5.63. The molecule has 3 rings (SSSR count). The fraction of sp³-hybridized carbons (Fsp3) is 0.435. The van der Waals surface area contributed by atoms with Gasteiger partial charge >= 0.3 is 0 Å². The van der Waals surface area contributed by atoms with Crippen LogP contribution in [0.25, 0.3) is 0 Å². The van der Waals surface area contributed by atoms with E-state index in [1.165, 1.54) is 5.56 Å². The Morgan fingerprint density at radius 2 is 1.70 bits per heavy atom. The van der Waals surface area contributed by atoms with E-state index in [1.807, 2.05) is 45.0 Å². The minimum Gasteiger partial charge on any atom is -0.484 e. The normalized spacial score (nSPS) is 15.3. The van der Waals surface area contributed by atoms with Gasteiger partial charge in [0.15, 0.2) is 6.61 Å². The van der Waals surface area contributed by atoms with Crippen molar-refractivity contribution in [3.05, 3.63) is 58.7 Å². The molecule has 0 radical (unpaired) electrons. The number of aryl methyl sites for hydroxylation is 4. The highest BCUT2D eigenvalue weighted by molar-refractivity contribution is 7.89. The summed E-state index contributed by atoms with van der Waals surface area (Å²) in [6.07, 6.45) is 1.17. The molecule has 30 heavy (non-hydrogen) atoms. The second-order valence-corrected chi connectivity index (χ2v) is 9.76. The van der Waals surface area contributed by atoms with Crippen LogP contribution in [-0.4, -0.2) is 45.0 Å². The third-order valence-corrected chi connectivity index (χ3v) is 7.31. The van der Waals surface area contributed by atoms with E-state index >= 15 is 0 Å². The Morgan fingerprint density at radius 3 is 2.33 bits per heavy atom. The lowest BCUT2D eigenvalue weighted by Crippen LogP contribution is -2.47. The summed E-state index contributed by atoms with van der Waals surface area (Å²) in [6, 6.07) is 10.9. The van der Waals surface area contributed by atoms with Gasteiger partial charge in [-0.15, -0.1) is 0 Å². The molecule has 0 atom stereocenters. The highest BCUT2D eigenvalue weighted by Crippen LogP contribution is 2.20. The smallest absolute Gasteiger partial charge is 0.260 e. The van der Waals surface area contributed by atoms with Gasteiger partial charge in [-0.05, 0) is 75.4 Å². The number of carbonyl (C=O) groups excluding carboxylic acids is 1. The third kappa shape index (κ3) is 5.40. The molecular weight excluding hydrogens is 400 g/mol. The van der Waals surface area contributed by atoms with Crippen LogP contribution in [0.15, 0.2) is 41.3 Å². The topological polar surface area (TPSA) is 75.7 Å². The zero-order valence-electron chi connectivity index (χ0n) is 18.1. The van der Waals surface area contributed by atoms with Gasteiger partial charge in [0, 0.05) is 19.1 Å². The van der Waals surface area contributed by atoms with E-state index in [0.717, 1.165) is 16.7 Å². The largest absolute Gasteiger partial charge is 0.484 e. The summed E-state index contributed by atoms with van der Waals surface area (Å²) in [7, 11) is -3.58. The van der Waals surface area contributed by atoms with Gasteiger partial charge in [-0.3, -0.25) is 4.79 Å². The van der Waals surface area contributed by atoms with Crippen LogP contribution >= 0.6 is 0 Å². The van der Waals surface area contributed by atoms with Crippen molar-refractivity contribution in [3.63, 3.8) is 0 Å². The Kier molecular flexibility index (Phi) is 6.83. The summed E-state index contributed by atoms with van der Waals surface area (Å²) < 4.78 is 33.9. The quantitative estimate of drug-likeness (QED) is 0.763. The van der Waals surface area contributed by atoms with Crippen LogP contribution in [-0.2, 0) is 14.8 Å². The first kappa shape index (κ1) is 22.3. The summed E-state index contributed by atoms with van der Waals surface area (Å²) in [4.78, 5) is 14.5. The first-order chi connectivity index (χ1) is 14.2. The zero-order valence-corrected chi connectivity index (χ0v) is 18.9. The summed E-state index contributed by atoms with van der Waals surface area (Å²) in [5.41, 5.74) is 4.07. The van der Waals surface area contributed by atoms with E-state index in [4.69, 9.17) is 4.74 Å². The monoisotopic (exact) mass is 430 g/mol. The molecular formula is C23H30N2O4S. The maximum absolute atomic E-state index is 12.7. The zero-order chi connectivity index (χ0) is 21.9. The number of hydrogen-bond acceptors (Lipinski definition) is 4. The van der Waals surface area contributed by atoms with E-state index in [1.54, 1.807) is 24.0 Å². The van der Waals surface area contributed by atoms with Crippen molar-refractivity contribution in [2.75, 3.05) is 19.7 Å². The molecule has 0 aromatic heterocycles. The van der Waals surface area contributed by atoms with Crippen LogP contribution in [0.3, 0.4) is 0 Å². The predicted molar refractivity (Wildman–Crippen MR) is 117 cm³/mol. The van der Waals surface area contributed by atoms with Crippen LogP contribution in [0, 0.1) is 27.7 Å². The highest BCUT2D eigenvalue weighted by atomic mass is 32.2. The van der Waals surface area contributed by atoms with Gasteiger partial charge in [-0.25, -0.2) is 13.1 Å². The van der Waals surface area contributed by atoms with Crippen molar-refractivity contribution < 1.29 is 17.9 Å². The summed E-state index contributed by atoms with van der Waals surface area (Å²) in [5, 5.41) is 0. The molecule has 2 aromatic carbocycles. The molecule has 7 heteroatoms. The van der Waals surface area contributed by atoms with E-state index in [-0.39, 0.29) is 18.6 Å². The predicted octanol–water partition coefficient (Wildman–Crippen LogP) is 3.27. The SMILES string of the molecule is Cc1ccc(S(=O)(=O)NC2CCN(C(=O)COc3ccc(C)c(C)c3)CC2)c(C)c1. The fourth-order valence-corrected chi connectivity index (χ4v) is 5.20. The Hall–Kier alpha value is -2.38. The van der Waals surface area contributed by atoms with Crippen LogP contribution in [0.1, 0.15) is 35.1 Å². The average molecular weight is 431 g/mol. The molecule has 2 aromatic rings. The van der Waals surface area contributed by atoms with E-state index in [2.05, 4.69) is 4.72 Å². The second-order valence-electron chi connectivity index (χ2n) is 8.08. The molecule has 6 nitrogen and oxygen atoms in total. The molecule has 1 fully saturated rings. The number of carbonyl (C=O) groups is 1. The van der Waals surface area contributed by atoms with Crippen LogP contribution in [0.2, 0.25) is 0 Å². The van der Waals surface area contributed by atoms with Crippen molar-refractivity contribution in [2.45, 2.75) is 51.5 Å². The van der Waals surface area contributed by atoms with Crippen molar-refractivity contribution in [2.24, 2.45) is 0 Å². The Bertz CT molecular complexity index is 1030. The van der Waals surface area contributed by atoms with E-state index in [0.29, 0.717) is 36.6 Å². The lowest BCUT2D eigenvalue weighted by atomic mass is 10.1. The molecule has 0 saturated carbocycles.